The maximum absolute atomic E-state index is 12.5. The molecule has 0 saturated heterocycles. The number of aryl methyl sites for hydroxylation is 3. The fourth-order valence-corrected chi connectivity index (χ4v) is 3.29. The molecule has 0 radical (unpaired) electrons. The van der Waals surface area contributed by atoms with Crippen molar-refractivity contribution in [2.24, 2.45) is 0 Å². The number of nitrogens with one attached hydrogen (secondary N) is 2. The van der Waals surface area contributed by atoms with Crippen LogP contribution in [-0.2, 0) is 16.1 Å². The lowest BCUT2D eigenvalue weighted by atomic mass is 10.1. The summed E-state index contributed by atoms with van der Waals surface area (Å²) in [5.74, 6) is -0.598. The Morgan fingerprint density at radius 2 is 1.84 bits per heavy atom. The van der Waals surface area contributed by atoms with Crippen molar-refractivity contribution in [3.05, 3.63) is 76.5 Å². The highest BCUT2D eigenvalue weighted by Gasteiger charge is 2.19. The molecule has 2 heterocycles. The Morgan fingerprint density at radius 1 is 1.06 bits per heavy atom. The predicted molar refractivity (Wildman–Crippen MR) is 115 cm³/mol. The van der Waals surface area contributed by atoms with E-state index in [1.807, 2.05) is 43.5 Å². The maximum atomic E-state index is 12.5. The molecule has 0 saturated carbocycles. The van der Waals surface area contributed by atoms with Crippen molar-refractivity contribution in [3.8, 4) is 0 Å². The van der Waals surface area contributed by atoms with Crippen LogP contribution in [0.3, 0.4) is 0 Å². The summed E-state index contributed by atoms with van der Waals surface area (Å²) in [7, 11) is 0. The molecule has 1 aromatic carbocycles. The van der Waals surface area contributed by atoms with Crippen LogP contribution < -0.4 is 10.6 Å². The van der Waals surface area contributed by atoms with Gasteiger partial charge in [-0.25, -0.2) is 9.59 Å². The quantitative estimate of drug-likeness (QED) is 0.586. The molecule has 3 amide bonds. The normalized spacial score (nSPS) is 10.6. The van der Waals surface area contributed by atoms with Crippen molar-refractivity contribution in [3.63, 3.8) is 0 Å². The summed E-state index contributed by atoms with van der Waals surface area (Å²) in [6.07, 6.45) is 1.59. The number of carbonyl (C=O) groups excluding carboxylic acids is 3. The van der Waals surface area contributed by atoms with E-state index in [1.165, 1.54) is 0 Å². The minimum atomic E-state index is -0.722. The second-order valence-corrected chi connectivity index (χ2v) is 7.35. The van der Waals surface area contributed by atoms with Gasteiger partial charge >= 0.3 is 12.0 Å². The molecule has 0 unspecified atom stereocenters. The number of furan rings is 1. The Bertz CT molecular complexity index is 1110. The van der Waals surface area contributed by atoms with E-state index in [-0.39, 0.29) is 0 Å². The van der Waals surface area contributed by atoms with Gasteiger partial charge in [0.25, 0.3) is 5.91 Å². The van der Waals surface area contributed by atoms with Crippen molar-refractivity contribution < 1.29 is 23.5 Å². The molecule has 162 valence electrons. The summed E-state index contributed by atoms with van der Waals surface area (Å²) in [6.45, 7) is 7.39. The molecule has 0 atom stereocenters. The molecule has 0 aliphatic carbocycles. The van der Waals surface area contributed by atoms with Gasteiger partial charge in [0.1, 0.15) is 5.76 Å². The summed E-state index contributed by atoms with van der Waals surface area (Å²) in [6, 6.07) is 10.2. The Labute approximate surface area is 180 Å². The number of urea groups is 1. The smallest absolute Gasteiger partial charge is 0.340 e. The van der Waals surface area contributed by atoms with Crippen LogP contribution in [0.1, 0.15) is 38.6 Å². The van der Waals surface area contributed by atoms with E-state index in [0.29, 0.717) is 23.5 Å². The van der Waals surface area contributed by atoms with E-state index in [2.05, 4.69) is 10.6 Å². The summed E-state index contributed by atoms with van der Waals surface area (Å²) in [5.41, 5.74) is 4.45. The highest BCUT2D eigenvalue weighted by molar-refractivity contribution is 6.02. The number of esters is 1. The molecular weight excluding hydrogens is 398 g/mol. The molecule has 8 heteroatoms. The average Bonchev–Trinajstić information content (AvgIpc) is 3.32. The Morgan fingerprint density at radius 3 is 2.52 bits per heavy atom. The van der Waals surface area contributed by atoms with Gasteiger partial charge in [-0.1, -0.05) is 17.7 Å². The number of hydrogen-bond donors (Lipinski definition) is 2. The van der Waals surface area contributed by atoms with E-state index in [1.54, 1.807) is 31.4 Å². The number of aromatic nitrogens is 1. The van der Waals surface area contributed by atoms with Crippen molar-refractivity contribution in [2.45, 2.75) is 34.2 Å². The van der Waals surface area contributed by atoms with Crippen molar-refractivity contribution in [1.82, 2.24) is 9.88 Å². The third kappa shape index (κ3) is 5.42. The molecule has 2 aromatic heterocycles. The molecule has 8 nitrogen and oxygen atoms in total. The zero-order valence-corrected chi connectivity index (χ0v) is 17.9. The first-order chi connectivity index (χ1) is 14.7. The summed E-state index contributed by atoms with van der Waals surface area (Å²) < 4.78 is 12.4. The van der Waals surface area contributed by atoms with Crippen LogP contribution in [0.5, 0.6) is 0 Å². The minimum Gasteiger partial charge on any atom is -0.467 e. The Hall–Kier alpha value is -3.81. The summed E-state index contributed by atoms with van der Waals surface area (Å²) >= 11 is 0. The molecular formula is C23H25N3O5. The number of ether oxygens (including phenoxy) is 1. The Balaban J connectivity index is 1.54. The van der Waals surface area contributed by atoms with Crippen molar-refractivity contribution >= 4 is 23.6 Å². The van der Waals surface area contributed by atoms with Gasteiger partial charge in [0.05, 0.1) is 18.4 Å². The molecule has 0 aliphatic heterocycles. The van der Waals surface area contributed by atoms with E-state index in [0.717, 1.165) is 22.6 Å². The second-order valence-electron chi connectivity index (χ2n) is 7.35. The van der Waals surface area contributed by atoms with Crippen molar-refractivity contribution in [2.75, 3.05) is 11.9 Å². The average molecular weight is 423 g/mol. The number of carbonyl (C=O) groups is 3. The number of nitrogens with zero attached hydrogens (tertiary/aromatic N) is 1. The van der Waals surface area contributed by atoms with Gasteiger partial charge in [0, 0.05) is 17.1 Å². The fourth-order valence-electron chi connectivity index (χ4n) is 3.29. The first kappa shape index (κ1) is 21.9. The second kappa shape index (κ2) is 9.34. The molecule has 0 spiro atoms. The largest absolute Gasteiger partial charge is 0.467 e. The van der Waals surface area contributed by atoms with Gasteiger partial charge in [-0.05, 0) is 57.5 Å². The number of anilines is 1. The number of hydrogen-bond acceptors (Lipinski definition) is 5. The monoisotopic (exact) mass is 423 g/mol. The van der Waals surface area contributed by atoms with E-state index in [9.17, 15) is 14.4 Å². The molecule has 31 heavy (non-hydrogen) atoms. The highest BCUT2D eigenvalue weighted by atomic mass is 16.5. The maximum Gasteiger partial charge on any atom is 0.340 e. The molecule has 2 N–H and O–H groups in total. The van der Waals surface area contributed by atoms with Crippen LogP contribution in [0.2, 0.25) is 0 Å². The SMILES string of the molecule is Cc1ccc(NC(=O)NC(=O)COC(=O)c2cc(C)n(Cc3ccco3)c2C)c(C)c1. The lowest BCUT2D eigenvalue weighted by molar-refractivity contribution is -0.123. The third-order valence-corrected chi connectivity index (χ3v) is 4.91. The molecule has 0 bridgehead atoms. The van der Waals surface area contributed by atoms with Crippen LogP contribution in [0.4, 0.5) is 10.5 Å². The third-order valence-electron chi connectivity index (χ3n) is 4.91. The van der Waals surface area contributed by atoms with Crippen molar-refractivity contribution in [1.29, 1.82) is 0 Å². The van der Waals surface area contributed by atoms with Gasteiger partial charge in [0.2, 0.25) is 0 Å². The lowest BCUT2D eigenvalue weighted by Gasteiger charge is -2.10. The first-order valence-electron chi connectivity index (χ1n) is 9.79. The summed E-state index contributed by atoms with van der Waals surface area (Å²) in [5, 5.41) is 4.76. The number of benzene rings is 1. The van der Waals surface area contributed by atoms with Gasteiger partial charge in [-0.15, -0.1) is 0 Å². The van der Waals surface area contributed by atoms with Crippen LogP contribution in [0, 0.1) is 27.7 Å². The number of amides is 3. The van der Waals surface area contributed by atoms with Crippen LogP contribution >= 0.6 is 0 Å². The van der Waals surface area contributed by atoms with Crippen LogP contribution in [0.15, 0.2) is 47.1 Å². The first-order valence-corrected chi connectivity index (χ1v) is 9.79. The molecule has 3 aromatic rings. The molecule has 0 fully saturated rings. The zero-order chi connectivity index (χ0) is 22.5. The zero-order valence-electron chi connectivity index (χ0n) is 17.9. The minimum absolute atomic E-state index is 0.358. The van der Waals surface area contributed by atoms with Crippen LogP contribution in [-0.4, -0.2) is 29.1 Å². The van der Waals surface area contributed by atoms with Gasteiger partial charge in [-0.3, -0.25) is 10.1 Å². The Kier molecular flexibility index (Phi) is 6.59. The topological polar surface area (TPSA) is 103 Å². The number of imide groups is 1. The van der Waals surface area contributed by atoms with E-state index >= 15 is 0 Å². The molecule has 0 aliphatic rings. The van der Waals surface area contributed by atoms with Gasteiger partial charge in [0.15, 0.2) is 6.61 Å². The molecule has 3 rings (SSSR count). The van der Waals surface area contributed by atoms with Gasteiger partial charge in [-0.2, -0.15) is 0 Å². The van der Waals surface area contributed by atoms with E-state index < -0.39 is 24.5 Å². The number of rotatable bonds is 6. The van der Waals surface area contributed by atoms with Gasteiger partial charge < -0.3 is 19.0 Å². The van der Waals surface area contributed by atoms with Crippen LogP contribution in [0.25, 0.3) is 0 Å². The summed E-state index contributed by atoms with van der Waals surface area (Å²) in [4.78, 5) is 36.5. The lowest BCUT2D eigenvalue weighted by Crippen LogP contribution is -2.37. The fraction of sp³-hybridized carbons (Fsp3) is 0.261. The van der Waals surface area contributed by atoms with E-state index in [4.69, 9.17) is 9.15 Å². The standard InChI is InChI=1S/C23H25N3O5/c1-14-7-8-20(15(2)10-14)24-23(29)25-21(27)13-31-22(28)19-11-16(3)26(17(19)4)12-18-6-5-9-30-18/h5-11H,12-13H2,1-4H3,(H2,24,25,27,29). The highest BCUT2D eigenvalue weighted by Crippen LogP contribution is 2.18. The predicted octanol–water partition coefficient (Wildman–Crippen LogP) is 3.87.